The van der Waals surface area contributed by atoms with Crippen molar-refractivity contribution in [2.24, 2.45) is 0 Å². The topological polar surface area (TPSA) is 81.6 Å². The third kappa shape index (κ3) is 2.93. The van der Waals surface area contributed by atoms with Crippen molar-refractivity contribution in [1.29, 1.82) is 0 Å². The van der Waals surface area contributed by atoms with Crippen LogP contribution in [0.25, 0.3) is 0 Å². The van der Waals surface area contributed by atoms with Crippen molar-refractivity contribution in [3.05, 3.63) is 30.6 Å². The normalized spacial score (nSPS) is 10.4. The molecule has 0 saturated carbocycles. The molecule has 0 aliphatic heterocycles. The van der Waals surface area contributed by atoms with Gasteiger partial charge in [0, 0.05) is 31.0 Å². The standard InChI is InChI=1S/C11H16N6/c1-9-10(12)15-7-16-11(9)14-3-2-5-17-6-4-13-8-17/h4,6-8H,2-3,5H2,1H3,(H3,12,14,15,16). The highest BCUT2D eigenvalue weighted by molar-refractivity contribution is 5.53. The molecule has 2 heterocycles. The second kappa shape index (κ2) is 5.29. The molecule has 0 aliphatic rings. The zero-order valence-corrected chi connectivity index (χ0v) is 9.80. The molecule has 0 fully saturated rings. The van der Waals surface area contributed by atoms with Crippen molar-refractivity contribution in [1.82, 2.24) is 19.5 Å². The molecular weight excluding hydrogens is 216 g/mol. The second-order valence-corrected chi connectivity index (χ2v) is 3.81. The van der Waals surface area contributed by atoms with Crippen LogP contribution < -0.4 is 11.1 Å². The molecule has 3 N–H and O–H groups in total. The zero-order chi connectivity index (χ0) is 12.1. The number of hydrogen-bond acceptors (Lipinski definition) is 5. The van der Waals surface area contributed by atoms with Crippen molar-refractivity contribution in [3.63, 3.8) is 0 Å². The van der Waals surface area contributed by atoms with E-state index in [2.05, 4.69) is 20.3 Å². The van der Waals surface area contributed by atoms with Crippen LogP contribution in [-0.2, 0) is 6.54 Å². The lowest BCUT2D eigenvalue weighted by Gasteiger charge is -2.09. The van der Waals surface area contributed by atoms with E-state index in [4.69, 9.17) is 5.73 Å². The van der Waals surface area contributed by atoms with E-state index in [1.165, 1.54) is 6.33 Å². The molecule has 0 aliphatic carbocycles. The van der Waals surface area contributed by atoms with E-state index >= 15 is 0 Å². The predicted molar refractivity (Wildman–Crippen MR) is 66.5 cm³/mol. The van der Waals surface area contributed by atoms with Gasteiger partial charge in [-0.25, -0.2) is 15.0 Å². The summed E-state index contributed by atoms with van der Waals surface area (Å²) in [6, 6.07) is 0. The monoisotopic (exact) mass is 232 g/mol. The zero-order valence-electron chi connectivity index (χ0n) is 9.80. The summed E-state index contributed by atoms with van der Waals surface area (Å²) in [6.07, 6.45) is 8.02. The maximum absolute atomic E-state index is 5.70. The summed E-state index contributed by atoms with van der Waals surface area (Å²) >= 11 is 0. The second-order valence-electron chi connectivity index (χ2n) is 3.81. The lowest BCUT2D eigenvalue weighted by Crippen LogP contribution is -2.09. The molecule has 90 valence electrons. The highest BCUT2D eigenvalue weighted by Crippen LogP contribution is 2.14. The highest BCUT2D eigenvalue weighted by Gasteiger charge is 2.02. The predicted octanol–water partition coefficient (Wildman–Crippen LogP) is 1.07. The number of imidazole rings is 1. The first kappa shape index (κ1) is 11.4. The molecule has 2 aromatic heterocycles. The number of nitrogens with two attached hydrogens (primary N) is 1. The third-order valence-electron chi connectivity index (χ3n) is 2.57. The van der Waals surface area contributed by atoms with Crippen molar-refractivity contribution < 1.29 is 0 Å². The molecule has 0 amide bonds. The Morgan fingerprint density at radius 2 is 2.29 bits per heavy atom. The Kier molecular flexibility index (Phi) is 3.54. The van der Waals surface area contributed by atoms with Gasteiger partial charge < -0.3 is 15.6 Å². The largest absolute Gasteiger partial charge is 0.383 e. The smallest absolute Gasteiger partial charge is 0.134 e. The summed E-state index contributed by atoms with van der Waals surface area (Å²) in [7, 11) is 0. The molecule has 0 unspecified atom stereocenters. The van der Waals surface area contributed by atoms with E-state index < -0.39 is 0 Å². The van der Waals surface area contributed by atoms with Gasteiger partial charge >= 0.3 is 0 Å². The van der Waals surface area contributed by atoms with Crippen molar-refractivity contribution >= 4 is 11.6 Å². The molecular formula is C11H16N6. The summed E-state index contributed by atoms with van der Waals surface area (Å²) in [5.41, 5.74) is 6.60. The highest BCUT2D eigenvalue weighted by atomic mass is 15.0. The minimum atomic E-state index is 0.525. The Balaban J connectivity index is 1.80. The number of aryl methyl sites for hydroxylation is 1. The molecule has 0 radical (unpaired) electrons. The van der Waals surface area contributed by atoms with Crippen molar-refractivity contribution in [2.75, 3.05) is 17.6 Å². The van der Waals surface area contributed by atoms with Gasteiger partial charge in [-0.05, 0) is 13.3 Å². The molecule has 2 aromatic rings. The molecule has 0 spiro atoms. The fourth-order valence-electron chi connectivity index (χ4n) is 1.53. The van der Waals surface area contributed by atoms with E-state index in [1.807, 2.05) is 24.0 Å². The fraction of sp³-hybridized carbons (Fsp3) is 0.364. The van der Waals surface area contributed by atoms with Gasteiger partial charge in [-0.2, -0.15) is 0 Å². The fourth-order valence-corrected chi connectivity index (χ4v) is 1.53. The number of hydrogen-bond donors (Lipinski definition) is 2. The summed E-state index contributed by atoms with van der Waals surface area (Å²) in [5.74, 6) is 1.33. The van der Waals surface area contributed by atoms with Gasteiger partial charge in [0.2, 0.25) is 0 Å². The van der Waals surface area contributed by atoms with Crippen molar-refractivity contribution in [2.45, 2.75) is 19.9 Å². The lowest BCUT2D eigenvalue weighted by atomic mass is 10.3. The maximum atomic E-state index is 5.70. The Labute approximate surface area is 99.9 Å². The van der Waals surface area contributed by atoms with Crippen LogP contribution in [0.1, 0.15) is 12.0 Å². The number of nitrogen functional groups attached to an aromatic ring is 1. The Hall–Kier alpha value is -2.11. The van der Waals surface area contributed by atoms with Gasteiger partial charge in [-0.1, -0.05) is 0 Å². The number of rotatable bonds is 5. The van der Waals surface area contributed by atoms with E-state index in [0.29, 0.717) is 5.82 Å². The van der Waals surface area contributed by atoms with Crippen LogP contribution >= 0.6 is 0 Å². The first-order valence-electron chi connectivity index (χ1n) is 5.54. The first-order chi connectivity index (χ1) is 8.27. The van der Waals surface area contributed by atoms with Gasteiger partial charge in [-0.15, -0.1) is 0 Å². The van der Waals surface area contributed by atoms with Gasteiger partial charge in [0.1, 0.15) is 18.0 Å². The Bertz CT molecular complexity index is 465. The van der Waals surface area contributed by atoms with E-state index in [9.17, 15) is 0 Å². The van der Waals surface area contributed by atoms with E-state index in [-0.39, 0.29) is 0 Å². The molecule has 6 nitrogen and oxygen atoms in total. The molecule has 2 rings (SSSR count). The number of aromatic nitrogens is 4. The van der Waals surface area contributed by atoms with E-state index in [1.54, 1.807) is 6.20 Å². The van der Waals surface area contributed by atoms with Gasteiger partial charge in [0.25, 0.3) is 0 Å². The molecule has 6 heteroatoms. The minimum Gasteiger partial charge on any atom is -0.383 e. The Morgan fingerprint density at radius 3 is 3.06 bits per heavy atom. The summed E-state index contributed by atoms with van der Waals surface area (Å²) in [6.45, 7) is 3.69. The molecule has 0 saturated heterocycles. The van der Waals surface area contributed by atoms with Crippen LogP contribution in [0.3, 0.4) is 0 Å². The summed E-state index contributed by atoms with van der Waals surface area (Å²) in [5, 5.41) is 3.25. The average Bonchev–Trinajstić information content (AvgIpc) is 2.83. The van der Waals surface area contributed by atoms with Crippen LogP contribution in [-0.4, -0.2) is 26.1 Å². The van der Waals surface area contributed by atoms with Gasteiger partial charge in [0.05, 0.1) is 6.33 Å². The molecule has 17 heavy (non-hydrogen) atoms. The van der Waals surface area contributed by atoms with Crippen LogP contribution in [0.5, 0.6) is 0 Å². The lowest BCUT2D eigenvalue weighted by molar-refractivity contribution is 0.660. The minimum absolute atomic E-state index is 0.525. The number of nitrogens with zero attached hydrogens (tertiary/aromatic N) is 4. The van der Waals surface area contributed by atoms with Crippen LogP contribution in [0.4, 0.5) is 11.6 Å². The summed E-state index contributed by atoms with van der Waals surface area (Å²) < 4.78 is 2.04. The summed E-state index contributed by atoms with van der Waals surface area (Å²) in [4.78, 5) is 12.1. The number of nitrogens with one attached hydrogen (secondary N) is 1. The van der Waals surface area contributed by atoms with Crippen LogP contribution in [0.2, 0.25) is 0 Å². The Morgan fingerprint density at radius 1 is 1.41 bits per heavy atom. The molecule has 0 bridgehead atoms. The SMILES string of the molecule is Cc1c(N)ncnc1NCCCn1ccnc1. The van der Waals surface area contributed by atoms with Gasteiger partial charge in [-0.3, -0.25) is 0 Å². The molecule has 0 atom stereocenters. The van der Waals surface area contributed by atoms with E-state index in [0.717, 1.165) is 30.9 Å². The quantitative estimate of drug-likeness (QED) is 0.753. The van der Waals surface area contributed by atoms with Crippen molar-refractivity contribution in [3.8, 4) is 0 Å². The maximum Gasteiger partial charge on any atom is 0.134 e. The molecule has 0 aromatic carbocycles. The van der Waals surface area contributed by atoms with Crippen LogP contribution in [0.15, 0.2) is 25.0 Å². The van der Waals surface area contributed by atoms with Crippen LogP contribution in [0, 0.1) is 6.92 Å². The average molecular weight is 232 g/mol. The first-order valence-corrected chi connectivity index (χ1v) is 5.54. The van der Waals surface area contributed by atoms with Gasteiger partial charge in [0.15, 0.2) is 0 Å². The third-order valence-corrected chi connectivity index (χ3v) is 2.57. The number of anilines is 2.